The monoisotopic (exact) mass is 350 g/mol. The Balaban J connectivity index is 1.77. The number of carbonyl (C=O) groups excluding carboxylic acids is 1. The summed E-state index contributed by atoms with van der Waals surface area (Å²) in [6.07, 6.45) is 2.86. The van der Waals surface area contributed by atoms with Crippen molar-refractivity contribution in [2.24, 2.45) is 5.92 Å². The van der Waals surface area contributed by atoms with Crippen LogP contribution in [0.5, 0.6) is 0 Å². The van der Waals surface area contributed by atoms with E-state index >= 15 is 0 Å². The average Bonchev–Trinajstić information content (AvgIpc) is 2.53. The minimum atomic E-state index is -0.448. The molecule has 1 saturated heterocycles. The van der Waals surface area contributed by atoms with E-state index in [0.717, 1.165) is 51.0 Å². The third kappa shape index (κ3) is 7.02. The zero-order valence-electron chi connectivity index (χ0n) is 15.9. The van der Waals surface area contributed by atoms with E-state index in [1.54, 1.807) is 0 Å². The second-order valence-corrected chi connectivity index (χ2v) is 8.07. The number of hydrogen-bond donors (Lipinski definition) is 0. The maximum absolute atomic E-state index is 12.9. The summed E-state index contributed by atoms with van der Waals surface area (Å²) in [6, 6.07) is 6.70. The average molecular weight is 350 g/mol. The molecule has 1 aromatic rings. The number of likely N-dealkylation sites (N-methyl/N-ethyl adjacent to an activating group) is 1. The van der Waals surface area contributed by atoms with Crippen LogP contribution < -0.4 is 0 Å². The summed E-state index contributed by atoms with van der Waals surface area (Å²) in [5, 5.41) is 0. The van der Waals surface area contributed by atoms with Crippen LogP contribution >= 0.6 is 0 Å². The SMILES string of the molecule is CN(CCc1ccc(F)cc1)C[C@@H]1CCCN(C(=O)OC(C)(C)C)C1. The van der Waals surface area contributed by atoms with Crippen LogP contribution in [0.3, 0.4) is 0 Å². The zero-order valence-corrected chi connectivity index (χ0v) is 15.9. The molecule has 1 fully saturated rings. The van der Waals surface area contributed by atoms with Gasteiger partial charge in [-0.15, -0.1) is 0 Å². The Morgan fingerprint density at radius 2 is 2.00 bits per heavy atom. The van der Waals surface area contributed by atoms with Gasteiger partial charge in [-0.2, -0.15) is 0 Å². The number of benzene rings is 1. The first-order valence-electron chi connectivity index (χ1n) is 9.14. The molecule has 1 heterocycles. The van der Waals surface area contributed by atoms with Gasteiger partial charge in [0.1, 0.15) is 11.4 Å². The summed E-state index contributed by atoms with van der Waals surface area (Å²) < 4.78 is 18.4. The largest absolute Gasteiger partial charge is 0.444 e. The molecule has 1 atom stereocenters. The minimum absolute atomic E-state index is 0.193. The molecule has 0 spiro atoms. The van der Waals surface area contributed by atoms with Crippen LogP contribution in [0.2, 0.25) is 0 Å². The molecule has 0 unspecified atom stereocenters. The number of ether oxygens (including phenoxy) is 1. The van der Waals surface area contributed by atoms with Gasteiger partial charge in [0.2, 0.25) is 0 Å². The Hall–Kier alpha value is -1.62. The summed E-state index contributed by atoms with van der Waals surface area (Å²) in [6.45, 7) is 9.12. The quantitative estimate of drug-likeness (QED) is 0.806. The van der Waals surface area contributed by atoms with Crippen LogP contribution in [0.15, 0.2) is 24.3 Å². The molecule has 0 radical (unpaired) electrons. The van der Waals surface area contributed by atoms with Crippen LogP contribution in [0, 0.1) is 11.7 Å². The minimum Gasteiger partial charge on any atom is -0.444 e. The molecule has 0 aliphatic carbocycles. The fourth-order valence-electron chi connectivity index (χ4n) is 3.21. The molecule has 1 aliphatic heterocycles. The molecular formula is C20H31FN2O2. The number of hydrogen-bond acceptors (Lipinski definition) is 3. The van der Waals surface area contributed by atoms with Crippen molar-refractivity contribution in [1.82, 2.24) is 9.80 Å². The van der Waals surface area contributed by atoms with Crippen LogP contribution in [-0.4, -0.2) is 54.7 Å². The number of rotatable bonds is 5. The first-order chi connectivity index (χ1) is 11.7. The van der Waals surface area contributed by atoms with E-state index in [0.29, 0.717) is 5.92 Å². The highest BCUT2D eigenvalue weighted by Crippen LogP contribution is 2.20. The third-order valence-electron chi connectivity index (χ3n) is 4.44. The van der Waals surface area contributed by atoms with Gasteiger partial charge in [0.25, 0.3) is 0 Å². The topological polar surface area (TPSA) is 32.8 Å². The second kappa shape index (κ2) is 8.65. The van der Waals surface area contributed by atoms with Gasteiger partial charge >= 0.3 is 6.09 Å². The predicted molar refractivity (Wildman–Crippen MR) is 98.1 cm³/mol. The van der Waals surface area contributed by atoms with Crippen molar-refractivity contribution >= 4 is 6.09 Å². The highest BCUT2D eigenvalue weighted by atomic mass is 19.1. The fourth-order valence-corrected chi connectivity index (χ4v) is 3.21. The van der Waals surface area contributed by atoms with Gasteiger partial charge in [0, 0.05) is 26.2 Å². The molecule has 0 aromatic heterocycles. The Morgan fingerprint density at radius 3 is 2.64 bits per heavy atom. The van der Waals surface area contributed by atoms with E-state index in [9.17, 15) is 9.18 Å². The molecule has 2 rings (SSSR count). The van der Waals surface area contributed by atoms with Crippen LogP contribution in [0.25, 0.3) is 0 Å². The summed E-state index contributed by atoms with van der Waals surface area (Å²) in [4.78, 5) is 16.4. The van der Waals surface area contributed by atoms with E-state index < -0.39 is 5.60 Å². The molecule has 1 amide bonds. The Bertz CT molecular complexity index is 554. The van der Waals surface area contributed by atoms with E-state index in [-0.39, 0.29) is 11.9 Å². The standard InChI is InChI=1S/C20H31FN2O2/c1-20(2,3)25-19(24)23-12-5-6-17(15-23)14-22(4)13-11-16-7-9-18(21)10-8-16/h7-10,17H,5-6,11-15H2,1-4H3/t17-/m0/s1. The van der Waals surface area contributed by atoms with Gasteiger partial charge in [-0.05, 0) is 70.7 Å². The van der Waals surface area contributed by atoms with Crippen molar-refractivity contribution in [2.45, 2.75) is 45.6 Å². The lowest BCUT2D eigenvalue weighted by Crippen LogP contribution is -2.45. The van der Waals surface area contributed by atoms with Crippen LogP contribution in [0.4, 0.5) is 9.18 Å². The van der Waals surface area contributed by atoms with E-state index in [2.05, 4.69) is 11.9 Å². The molecule has 1 aliphatic rings. The smallest absolute Gasteiger partial charge is 0.410 e. The molecule has 140 valence electrons. The second-order valence-electron chi connectivity index (χ2n) is 8.07. The van der Waals surface area contributed by atoms with Gasteiger partial charge in [0.15, 0.2) is 0 Å². The predicted octanol–water partition coefficient (Wildman–Crippen LogP) is 3.95. The molecule has 5 heteroatoms. The number of nitrogens with zero attached hydrogens (tertiary/aromatic N) is 2. The summed E-state index contributed by atoms with van der Waals surface area (Å²) in [5.74, 6) is 0.279. The van der Waals surface area contributed by atoms with Crippen molar-refractivity contribution in [3.05, 3.63) is 35.6 Å². The highest BCUT2D eigenvalue weighted by molar-refractivity contribution is 5.68. The van der Waals surface area contributed by atoms with Crippen molar-refractivity contribution in [2.75, 3.05) is 33.2 Å². The maximum Gasteiger partial charge on any atom is 0.410 e. The molecule has 0 N–H and O–H groups in total. The van der Waals surface area contributed by atoms with Gasteiger partial charge in [0.05, 0.1) is 0 Å². The first kappa shape index (κ1) is 19.7. The van der Waals surface area contributed by atoms with E-state index in [1.165, 1.54) is 12.1 Å². The number of amides is 1. The van der Waals surface area contributed by atoms with Crippen molar-refractivity contribution in [3.8, 4) is 0 Å². The van der Waals surface area contributed by atoms with E-state index in [4.69, 9.17) is 4.74 Å². The number of halogens is 1. The van der Waals surface area contributed by atoms with Gasteiger partial charge < -0.3 is 14.5 Å². The molecule has 0 saturated carbocycles. The number of piperidine rings is 1. The zero-order chi connectivity index (χ0) is 18.4. The summed E-state index contributed by atoms with van der Waals surface area (Å²) in [5.41, 5.74) is 0.697. The molecular weight excluding hydrogens is 319 g/mol. The lowest BCUT2D eigenvalue weighted by molar-refractivity contribution is 0.0149. The summed E-state index contributed by atoms with van der Waals surface area (Å²) in [7, 11) is 2.11. The van der Waals surface area contributed by atoms with E-state index in [1.807, 2.05) is 37.8 Å². The van der Waals surface area contributed by atoms with Crippen LogP contribution in [-0.2, 0) is 11.2 Å². The van der Waals surface area contributed by atoms with Gasteiger partial charge in [-0.25, -0.2) is 9.18 Å². The van der Waals surface area contributed by atoms with Crippen molar-refractivity contribution in [3.63, 3.8) is 0 Å². The highest BCUT2D eigenvalue weighted by Gasteiger charge is 2.28. The lowest BCUT2D eigenvalue weighted by Gasteiger charge is -2.35. The lowest BCUT2D eigenvalue weighted by atomic mass is 9.97. The fraction of sp³-hybridized carbons (Fsp3) is 0.650. The van der Waals surface area contributed by atoms with Gasteiger partial charge in [-0.1, -0.05) is 12.1 Å². The third-order valence-corrected chi connectivity index (χ3v) is 4.44. The number of carbonyl (C=O) groups is 1. The van der Waals surface area contributed by atoms with Crippen molar-refractivity contribution < 1.29 is 13.9 Å². The van der Waals surface area contributed by atoms with Crippen LogP contribution in [0.1, 0.15) is 39.2 Å². The van der Waals surface area contributed by atoms with Crippen molar-refractivity contribution in [1.29, 1.82) is 0 Å². The Morgan fingerprint density at radius 1 is 1.32 bits per heavy atom. The first-order valence-corrected chi connectivity index (χ1v) is 9.14. The maximum atomic E-state index is 12.9. The summed E-state index contributed by atoms with van der Waals surface area (Å²) >= 11 is 0. The number of likely N-dealkylation sites (tertiary alicyclic amines) is 1. The Kier molecular flexibility index (Phi) is 6.82. The Labute approximate surface area is 150 Å². The molecule has 0 bridgehead atoms. The molecule has 25 heavy (non-hydrogen) atoms. The molecule has 1 aromatic carbocycles. The van der Waals surface area contributed by atoms with Gasteiger partial charge in [-0.3, -0.25) is 0 Å². The normalized spacial score (nSPS) is 18.5. The molecule has 4 nitrogen and oxygen atoms in total.